The van der Waals surface area contributed by atoms with Crippen molar-refractivity contribution in [2.24, 2.45) is 0 Å². The average Bonchev–Trinajstić information content (AvgIpc) is 2.69. The van der Waals surface area contributed by atoms with Gasteiger partial charge < -0.3 is 9.84 Å². The summed E-state index contributed by atoms with van der Waals surface area (Å²) in [6, 6.07) is 3.54. The second-order valence-electron chi connectivity index (χ2n) is 2.98. The second-order valence-corrected chi connectivity index (χ2v) is 4.52. The van der Waals surface area contributed by atoms with Crippen LogP contribution < -0.4 is 4.74 Å². The molecule has 86 valence electrons. The van der Waals surface area contributed by atoms with Gasteiger partial charge in [0.2, 0.25) is 0 Å². The molecule has 0 bridgehead atoms. The van der Waals surface area contributed by atoms with Crippen LogP contribution in [-0.4, -0.2) is 22.7 Å². The van der Waals surface area contributed by atoms with Crippen molar-refractivity contribution in [3.8, 4) is 15.6 Å². The van der Waals surface area contributed by atoms with Crippen molar-refractivity contribution in [1.29, 1.82) is 0 Å². The summed E-state index contributed by atoms with van der Waals surface area (Å²) in [5.41, 5.74) is 0. The lowest BCUT2D eigenvalue weighted by molar-refractivity contribution is 0.0699. The number of aromatic carboxylic acids is 1. The molecule has 0 amide bonds. The molecule has 2 aromatic rings. The van der Waals surface area contributed by atoms with Gasteiger partial charge in [0.15, 0.2) is 10.6 Å². The minimum atomic E-state index is -1.01. The van der Waals surface area contributed by atoms with E-state index in [4.69, 9.17) is 9.84 Å². The molecule has 2 aromatic heterocycles. The molecule has 0 aromatic carbocycles. The fraction of sp³-hybridized carbons (Fsp3) is 0.0909. The van der Waals surface area contributed by atoms with Crippen molar-refractivity contribution >= 4 is 50.1 Å². The van der Waals surface area contributed by atoms with Gasteiger partial charge in [0.25, 0.3) is 0 Å². The van der Waals surface area contributed by atoms with Gasteiger partial charge in [-0.25, -0.2) is 9.78 Å². The third-order valence-electron chi connectivity index (χ3n) is 1.97. The molecule has 0 aliphatic heterocycles. The van der Waals surface area contributed by atoms with Crippen LogP contribution in [0.4, 0.5) is 0 Å². The summed E-state index contributed by atoms with van der Waals surface area (Å²) in [4.78, 5) is 16.0. The van der Waals surface area contributed by atoms with E-state index < -0.39 is 5.97 Å². The van der Waals surface area contributed by atoms with E-state index in [0.29, 0.717) is 16.0 Å². The van der Waals surface area contributed by atoms with E-state index in [-0.39, 0.29) is 11.5 Å². The molecule has 2 heterocycles. The molecule has 1 N–H and O–H groups in total. The Labute approximate surface area is 115 Å². The fourth-order valence-electron chi connectivity index (χ4n) is 1.33. The van der Waals surface area contributed by atoms with E-state index in [1.807, 2.05) is 22.6 Å². The van der Waals surface area contributed by atoms with Crippen LogP contribution in [0.5, 0.6) is 5.75 Å². The van der Waals surface area contributed by atoms with Gasteiger partial charge in [-0.05, 0) is 16.1 Å². The molecule has 6 heteroatoms. The SMILES string of the molecule is O=C(O)c1sc2ncccc2c1OCC#CI. The zero-order chi connectivity index (χ0) is 12.3. The number of pyridine rings is 1. The van der Waals surface area contributed by atoms with Crippen LogP contribution >= 0.6 is 33.9 Å². The van der Waals surface area contributed by atoms with Crippen LogP contribution in [0.25, 0.3) is 10.2 Å². The lowest BCUT2D eigenvalue weighted by Crippen LogP contribution is -1.99. The van der Waals surface area contributed by atoms with Gasteiger partial charge >= 0.3 is 5.97 Å². The van der Waals surface area contributed by atoms with E-state index in [0.717, 1.165) is 11.3 Å². The van der Waals surface area contributed by atoms with Crippen LogP contribution in [0, 0.1) is 9.85 Å². The quantitative estimate of drug-likeness (QED) is 0.676. The molecule has 0 atom stereocenters. The summed E-state index contributed by atoms with van der Waals surface area (Å²) in [5, 5.41) is 9.80. The zero-order valence-electron chi connectivity index (χ0n) is 8.44. The van der Waals surface area contributed by atoms with Gasteiger partial charge in [-0.15, -0.1) is 11.3 Å². The number of nitrogens with zero attached hydrogens (tertiary/aromatic N) is 1. The van der Waals surface area contributed by atoms with E-state index in [1.165, 1.54) is 0 Å². The highest BCUT2D eigenvalue weighted by Gasteiger charge is 2.19. The number of halogens is 1. The third-order valence-corrected chi connectivity index (χ3v) is 3.43. The number of aromatic nitrogens is 1. The lowest BCUT2D eigenvalue weighted by atomic mass is 10.3. The molecule has 0 fully saturated rings. The van der Waals surface area contributed by atoms with Crippen molar-refractivity contribution < 1.29 is 14.6 Å². The number of ether oxygens (including phenoxy) is 1. The largest absolute Gasteiger partial charge is 0.478 e. The predicted molar refractivity (Wildman–Crippen MR) is 73.9 cm³/mol. The molecular formula is C11H6INO3S. The van der Waals surface area contributed by atoms with Crippen molar-refractivity contribution in [3.63, 3.8) is 0 Å². The summed E-state index contributed by atoms with van der Waals surface area (Å²) in [5.74, 6) is 2.07. The first-order valence-electron chi connectivity index (χ1n) is 4.56. The number of hydrogen-bond donors (Lipinski definition) is 1. The smallest absolute Gasteiger partial charge is 0.349 e. The minimum Gasteiger partial charge on any atom is -0.478 e. The normalized spacial score (nSPS) is 9.71. The molecule has 0 radical (unpaired) electrons. The Morgan fingerprint density at radius 3 is 3.18 bits per heavy atom. The van der Waals surface area contributed by atoms with Crippen molar-refractivity contribution in [2.75, 3.05) is 6.61 Å². The van der Waals surface area contributed by atoms with Crippen LogP contribution in [0.2, 0.25) is 0 Å². The summed E-state index contributed by atoms with van der Waals surface area (Å²) < 4.78 is 8.07. The molecule has 0 saturated heterocycles. The monoisotopic (exact) mass is 359 g/mol. The number of thiophene rings is 1. The first-order valence-corrected chi connectivity index (χ1v) is 6.45. The van der Waals surface area contributed by atoms with E-state index in [9.17, 15) is 4.79 Å². The highest BCUT2D eigenvalue weighted by atomic mass is 127. The standard InChI is InChI=1S/C11H6INO3S/c12-4-2-6-16-8-7-3-1-5-13-10(7)17-9(8)11(14)15/h1,3,5H,6H2,(H,14,15). The van der Waals surface area contributed by atoms with Crippen molar-refractivity contribution in [3.05, 3.63) is 23.2 Å². The topological polar surface area (TPSA) is 59.4 Å². The van der Waals surface area contributed by atoms with Crippen molar-refractivity contribution in [1.82, 2.24) is 4.98 Å². The highest BCUT2D eigenvalue weighted by Crippen LogP contribution is 2.36. The van der Waals surface area contributed by atoms with Crippen LogP contribution in [0.15, 0.2) is 18.3 Å². The Balaban J connectivity index is 2.50. The van der Waals surface area contributed by atoms with Gasteiger partial charge in [-0.2, -0.15) is 0 Å². The molecule has 4 nitrogen and oxygen atoms in total. The van der Waals surface area contributed by atoms with Gasteiger partial charge in [0.05, 0.1) is 5.39 Å². The van der Waals surface area contributed by atoms with Crippen molar-refractivity contribution in [2.45, 2.75) is 0 Å². The second kappa shape index (κ2) is 5.33. The molecule has 2 rings (SSSR count). The Hall–Kier alpha value is -1.33. The maximum Gasteiger partial charge on any atom is 0.349 e. The maximum atomic E-state index is 11.1. The van der Waals surface area contributed by atoms with Gasteiger partial charge in [-0.1, -0.05) is 5.92 Å². The number of hydrogen-bond acceptors (Lipinski definition) is 4. The first-order chi connectivity index (χ1) is 8.24. The van der Waals surface area contributed by atoms with E-state index in [2.05, 4.69) is 14.8 Å². The maximum absolute atomic E-state index is 11.1. The minimum absolute atomic E-state index is 0.161. The predicted octanol–water partition coefficient (Wildman–Crippen LogP) is 2.77. The fourth-order valence-corrected chi connectivity index (χ4v) is 2.41. The van der Waals surface area contributed by atoms with Gasteiger partial charge in [0, 0.05) is 28.8 Å². The summed E-state index contributed by atoms with van der Waals surface area (Å²) >= 11 is 3.01. The van der Waals surface area contributed by atoms with Gasteiger partial charge in [0.1, 0.15) is 11.4 Å². The Kier molecular flexibility index (Phi) is 3.81. The van der Waals surface area contributed by atoms with Gasteiger partial charge in [-0.3, -0.25) is 0 Å². The number of fused-ring (bicyclic) bond motifs is 1. The van der Waals surface area contributed by atoms with Crippen LogP contribution in [0.3, 0.4) is 0 Å². The molecule has 17 heavy (non-hydrogen) atoms. The highest BCUT2D eigenvalue weighted by molar-refractivity contribution is 14.1. The number of carbonyl (C=O) groups is 1. The molecule has 0 saturated carbocycles. The number of carboxylic acids is 1. The average molecular weight is 359 g/mol. The van der Waals surface area contributed by atoms with Crippen LogP contribution in [-0.2, 0) is 0 Å². The summed E-state index contributed by atoms with van der Waals surface area (Å²) in [6.07, 6.45) is 1.62. The molecule has 0 aliphatic carbocycles. The number of carboxylic acid groups (broad SMARTS) is 1. The first kappa shape index (κ1) is 12.1. The Bertz CT molecular complexity index is 626. The molecule has 0 aliphatic rings. The zero-order valence-corrected chi connectivity index (χ0v) is 11.4. The number of rotatable bonds is 3. The van der Waals surface area contributed by atoms with Crippen LogP contribution in [0.1, 0.15) is 9.67 Å². The summed E-state index contributed by atoms with van der Waals surface area (Å²) in [6.45, 7) is 0.171. The van der Waals surface area contributed by atoms with E-state index >= 15 is 0 Å². The third kappa shape index (κ3) is 2.50. The molecule has 0 unspecified atom stereocenters. The molecule has 0 spiro atoms. The Morgan fingerprint density at radius 2 is 2.47 bits per heavy atom. The lowest BCUT2D eigenvalue weighted by Gasteiger charge is -2.01. The summed E-state index contributed by atoms with van der Waals surface area (Å²) in [7, 11) is 0. The molecular weight excluding hydrogens is 353 g/mol. The Morgan fingerprint density at radius 1 is 1.65 bits per heavy atom. The van der Waals surface area contributed by atoms with E-state index in [1.54, 1.807) is 18.3 Å².